The normalized spacial score (nSPS) is 16.3. The second kappa shape index (κ2) is 5.40. The molecule has 0 unspecified atom stereocenters. The minimum absolute atomic E-state index is 0.785. The Bertz CT molecular complexity index is 772. The summed E-state index contributed by atoms with van der Waals surface area (Å²) in [4.78, 5) is 2.36. The molecule has 4 rings (SSSR count). The van der Waals surface area contributed by atoms with Crippen LogP contribution < -0.4 is 4.90 Å². The molecule has 0 saturated carbocycles. The number of piperidine rings is 1. The number of hydrogen-bond acceptors (Lipinski definition) is 4. The van der Waals surface area contributed by atoms with E-state index in [-0.39, 0.29) is 0 Å². The molecule has 22 heavy (non-hydrogen) atoms. The third kappa shape index (κ3) is 2.32. The minimum Gasteiger partial charge on any atom is -0.355 e. The Balaban J connectivity index is 1.74. The van der Waals surface area contributed by atoms with Crippen molar-refractivity contribution in [2.75, 3.05) is 18.0 Å². The highest BCUT2D eigenvalue weighted by Gasteiger charge is 2.18. The Kier molecular flexibility index (Phi) is 3.25. The summed E-state index contributed by atoms with van der Waals surface area (Å²) in [6.07, 6.45) is 2.46. The van der Waals surface area contributed by atoms with Gasteiger partial charge in [0.25, 0.3) is 0 Å². The van der Waals surface area contributed by atoms with Crippen molar-refractivity contribution in [1.29, 1.82) is 0 Å². The Morgan fingerprint density at radius 1 is 0.955 bits per heavy atom. The standard InChI is InChI=1S/C17H19N5/c1-13-9-11-21(12-10-13)16-8-7-15-18-19-17(22(15)20-16)14-5-3-2-4-6-14/h2-8,13H,9-12H2,1H3. The second-order valence-electron chi connectivity index (χ2n) is 6.02. The highest BCUT2D eigenvalue weighted by molar-refractivity contribution is 5.59. The van der Waals surface area contributed by atoms with E-state index in [1.165, 1.54) is 12.8 Å². The van der Waals surface area contributed by atoms with Crippen LogP contribution in [0.25, 0.3) is 17.0 Å². The monoisotopic (exact) mass is 293 g/mol. The molecule has 1 aliphatic rings. The summed E-state index contributed by atoms with van der Waals surface area (Å²) in [5, 5.41) is 13.3. The van der Waals surface area contributed by atoms with Gasteiger partial charge in [0.15, 0.2) is 11.5 Å². The van der Waals surface area contributed by atoms with Gasteiger partial charge < -0.3 is 4.90 Å². The number of fused-ring (bicyclic) bond motifs is 1. The van der Waals surface area contributed by atoms with E-state index in [2.05, 4.69) is 28.1 Å². The highest BCUT2D eigenvalue weighted by Crippen LogP contribution is 2.23. The fourth-order valence-corrected chi connectivity index (χ4v) is 2.95. The van der Waals surface area contributed by atoms with Crippen LogP contribution in [-0.2, 0) is 0 Å². The molecular weight excluding hydrogens is 274 g/mol. The SMILES string of the molecule is CC1CCN(c2ccc3nnc(-c4ccccc4)n3n2)CC1. The lowest BCUT2D eigenvalue weighted by Crippen LogP contribution is -2.33. The molecule has 2 aromatic heterocycles. The molecule has 1 aromatic carbocycles. The Morgan fingerprint density at radius 2 is 1.73 bits per heavy atom. The van der Waals surface area contributed by atoms with Crippen molar-refractivity contribution in [2.45, 2.75) is 19.8 Å². The highest BCUT2D eigenvalue weighted by atomic mass is 15.4. The van der Waals surface area contributed by atoms with Gasteiger partial charge >= 0.3 is 0 Å². The van der Waals surface area contributed by atoms with Crippen molar-refractivity contribution in [1.82, 2.24) is 19.8 Å². The molecule has 0 bridgehead atoms. The molecule has 3 aromatic rings. The van der Waals surface area contributed by atoms with Gasteiger partial charge in [0.2, 0.25) is 0 Å². The van der Waals surface area contributed by atoms with E-state index >= 15 is 0 Å². The van der Waals surface area contributed by atoms with Crippen LogP contribution >= 0.6 is 0 Å². The van der Waals surface area contributed by atoms with E-state index in [1.807, 2.05) is 40.9 Å². The summed E-state index contributed by atoms with van der Waals surface area (Å²) in [5.74, 6) is 2.62. The van der Waals surface area contributed by atoms with Crippen molar-refractivity contribution in [3.05, 3.63) is 42.5 Å². The Labute approximate surface area is 129 Å². The molecule has 5 nitrogen and oxygen atoms in total. The second-order valence-corrected chi connectivity index (χ2v) is 6.02. The van der Waals surface area contributed by atoms with E-state index in [0.717, 1.165) is 41.9 Å². The third-order valence-corrected chi connectivity index (χ3v) is 4.39. The summed E-state index contributed by atoms with van der Waals surface area (Å²) in [6.45, 7) is 4.46. The number of rotatable bonds is 2. The van der Waals surface area contributed by atoms with Gasteiger partial charge in [0.1, 0.15) is 5.82 Å². The average Bonchev–Trinajstić information content (AvgIpc) is 2.99. The Hall–Kier alpha value is -2.43. The van der Waals surface area contributed by atoms with Crippen molar-refractivity contribution in [3.63, 3.8) is 0 Å². The van der Waals surface area contributed by atoms with E-state index in [4.69, 9.17) is 5.10 Å². The maximum Gasteiger partial charge on any atom is 0.185 e. The summed E-state index contributed by atoms with van der Waals surface area (Å²) >= 11 is 0. The molecular formula is C17H19N5. The molecule has 0 amide bonds. The van der Waals surface area contributed by atoms with Gasteiger partial charge in [-0.05, 0) is 30.9 Å². The molecule has 3 heterocycles. The fraction of sp³-hybridized carbons (Fsp3) is 0.353. The molecule has 1 saturated heterocycles. The predicted molar refractivity (Wildman–Crippen MR) is 86.8 cm³/mol. The van der Waals surface area contributed by atoms with Gasteiger partial charge in [-0.1, -0.05) is 37.3 Å². The van der Waals surface area contributed by atoms with E-state index in [0.29, 0.717) is 0 Å². The molecule has 0 N–H and O–H groups in total. The fourth-order valence-electron chi connectivity index (χ4n) is 2.95. The van der Waals surface area contributed by atoms with Gasteiger partial charge in [-0.25, -0.2) is 0 Å². The number of hydrogen-bond donors (Lipinski definition) is 0. The van der Waals surface area contributed by atoms with Crippen LogP contribution in [0.3, 0.4) is 0 Å². The Morgan fingerprint density at radius 3 is 2.50 bits per heavy atom. The first-order chi connectivity index (χ1) is 10.8. The molecule has 112 valence electrons. The zero-order chi connectivity index (χ0) is 14.9. The van der Waals surface area contributed by atoms with Crippen LogP contribution in [0.1, 0.15) is 19.8 Å². The first kappa shape index (κ1) is 13.2. The zero-order valence-electron chi connectivity index (χ0n) is 12.7. The van der Waals surface area contributed by atoms with Crippen LogP contribution in [0, 0.1) is 5.92 Å². The summed E-state index contributed by atoms with van der Waals surface area (Å²) in [5.41, 5.74) is 1.82. The molecule has 0 spiro atoms. The lowest BCUT2D eigenvalue weighted by molar-refractivity contribution is 0.435. The number of aromatic nitrogens is 4. The summed E-state index contributed by atoms with van der Waals surface area (Å²) in [7, 11) is 0. The van der Waals surface area contributed by atoms with Crippen LogP contribution in [0.4, 0.5) is 5.82 Å². The first-order valence-electron chi connectivity index (χ1n) is 7.84. The van der Waals surface area contributed by atoms with Crippen LogP contribution in [-0.4, -0.2) is 32.9 Å². The molecule has 5 heteroatoms. The predicted octanol–water partition coefficient (Wildman–Crippen LogP) is 3.03. The van der Waals surface area contributed by atoms with Crippen LogP contribution in [0.15, 0.2) is 42.5 Å². The van der Waals surface area contributed by atoms with Crippen molar-refractivity contribution >= 4 is 11.5 Å². The zero-order valence-corrected chi connectivity index (χ0v) is 12.7. The number of nitrogens with zero attached hydrogens (tertiary/aromatic N) is 5. The van der Waals surface area contributed by atoms with E-state index in [1.54, 1.807) is 0 Å². The smallest absolute Gasteiger partial charge is 0.185 e. The van der Waals surface area contributed by atoms with E-state index < -0.39 is 0 Å². The minimum atomic E-state index is 0.785. The first-order valence-corrected chi connectivity index (χ1v) is 7.84. The van der Waals surface area contributed by atoms with Crippen LogP contribution in [0.5, 0.6) is 0 Å². The average molecular weight is 293 g/mol. The largest absolute Gasteiger partial charge is 0.355 e. The maximum absolute atomic E-state index is 4.78. The van der Waals surface area contributed by atoms with Crippen molar-refractivity contribution in [3.8, 4) is 11.4 Å². The number of benzene rings is 1. The lowest BCUT2D eigenvalue weighted by atomic mass is 9.99. The topological polar surface area (TPSA) is 46.3 Å². The molecule has 1 aliphatic heterocycles. The van der Waals surface area contributed by atoms with Gasteiger partial charge in [-0.2, -0.15) is 4.52 Å². The number of anilines is 1. The lowest BCUT2D eigenvalue weighted by Gasteiger charge is -2.30. The third-order valence-electron chi connectivity index (χ3n) is 4.39. The molecule has 0 atom stereocenters. The summed E-state index contributed by atoms with van der Waals surface area (Å²) < 4.78 is 1.85. The maximum atomic E-state index is 4.78. The van der Waals surface area contributed by atoms with Crippen LogP contribution in [0.2, 0.25) is 0 Å². The van der Waals surface area contributed by atoms with Crippen molar-refractivity contribution < 1.29 is 0 Å². The van der Waals surface area contributed by atoms with Gasteiger partial charge in [-0.15, -0.1) is 15.3 Å². The molecule has 0 aliphatic carbocycles. The quantitative estimate of drug-likeness (QED) is 0.728. The van der Waals surface area contributed by atoms with E-state index in [9.17, 15) is 0 Å². The van der Waals surface area contributed by atoms with Crippen molar-refractivity contribution in [2.24, 2.45) is 5.92 Å². The van der Waals surface area contributed by atoms with Gasteiger partial charge in [0, 0.05) is 18.7 Å². The molecule has 0 radical (unpaired) electrons. The van der Waals surface area contributed by atoms with Gasteiger partial charge in [-0.3, -0.25) is 0 Å². The summed E-state index contributed by atoms with van der Waals surface area (Å²) in [6, 6.07) is 14.1. The molecule has 1 fully saturated rings. The van der Waals surface area contributed by atoms with Gasteiger partial charge in [0.05, 0.1) is 0 Å².